The summed E-state index contributed by atoms with van der Waals surface area (Å²) in [5, 5.41) is 39.0. The Balaban J connectivity index is 0. The number of aliphatic hydroxyl groups is 3. The highest BCUT2D eigenvalue weighted by molar-refractivity contribution is 5.71. The zero-order valence-electron chi connectivity index (χ0n) is 10.8. The van der Waals surface area contributed by atoms with Crippen LogP contribution in [-0.2, 0) is 4.79 Å². The van der Waals surface area contributed by atoms with Crippen LogP contribution in [0.3, 0.4) is 0 Å². The molecule has 0 aromatic carbocycles. The van der Waals surface area contributed by atoms with Crippen molar-refractivity contribution in [1.29, 1.82) is 0 Å². The summed E-state index contributed by atoms with van der Waals surface area (Å²) in [4.78, 5) is 9.45. The Morgan fingerprint density at radius 1 is 1.33 bits per heavy atom. The Morgan fingerprint density at radius 3 is 2.11 bits per heavy atom. The summed E-state index contributed by atoms with van der Waals surface area (Å²) in [6, 6.07) is 0. The van der Waals surface area contributed by atoms with E-state index in [1.807, 2.05) is 6.92 Å². The summed E-state index contributed by atoms with van der Waals surface area (Å²) < 4.78 is 0. The van der Waals surface area contributed by atoms with Gasteiger partial charge in [-0.2, -0.15) is 0 Å². The maximum atomic E-state index is 9.45. The van der Waals surface area contributed by atoms with Gasteiger partial charge >= 0.3 is 5.97 Å². The Labute approximate surface area is 107 Å². The second kappa shape index (κ2) is 12.5. The van der Waals surface area contributed by atoms with Gasteiger partial charge in [-0.05, 0) is 13.3 Å². The van der Waals surface area contributed by atoms with Gasteiger partial charge in [0.1, 0.15) is 6.10 Å². The summed E-state index contributed by atoms with van der Waals surface area (Å²) in [5.74, 6) is -1.19. The molecule has 108 valence electrons. The molecule has 0 rings (SSSR count). The van der Waals surface area contributed by atoms with Crippen molar-refractivity contribution in [2.45, 2.75) is 38.8 Å². The molecule has 7 heteroatoms. The van der Waals surface area contributed by atoms with Gasteiger partial charge in [-0.1, -0.05) is 13.0 Å². The normalized spacial score (nSPS) is 13.4. The lowest BCUT2D eigenvalue weighted by atomic mass is 10.3. The molecule has 0 saturated heterocycles. The van der Waals surface area contributed by atoms with E-state index < -0.39 is 18.4 Å². The van der Waals surface area contributed by atoms with Gasteiger partial charge < -0.3 is 20.4 Å². The lowest BCUT2D eigenvalue weighted by molar-refractivity contribution is -0.145. The van der Waals surface area contributed by atoms with Gasteiger partial charge in [0.05, 0.1) is 6.17 Å². The number of hydrogen-bond donors (Lipinski definition) is 6. The summed E-state index contributed by atoms with van der Waals surface area (Å²) in [6.45, 7) is 7.68. The van der Waals surface area contributed by atoms with Gasteiger partial charge in [-0.3, -0.25) is 10.6 Å². The third-order valence-electron chi connectivity index (χ3n) is 1.82. The van der Waals surface area contributed by atoms with Crippen molar-refractivity contribution in [3.8, 4) is 0 Å². The van der Waals surface area contributed by atoms with E-state index in [2.05, 4.69) is 17.2 Å². The van der Waals surface area contributed by atoms with E-state index in [-0.39, 0.29) is 12.7 Å². The van der Waals surface area contributed by atoms with Gasteiger partial charge in [-0.15, -0.1) is 6.58 Å². The van der Waals surface area contributed by atoms with Crippen molar-refractivity contribution in [2.24, 2.45) is 0 Å². The second-order valence-electron chi connectivity index (χ2n) is 3.56. The monoisotopic (exact) mass is 264 g/mol. The van der Waals surface area contributed by atoms with Crippen LogP contribution in [-0.4, -0.2) is 58.0 Å². The van der Waals surface area contributed by atoms with Crippen LogP contribution in [0.5, 0.6) is 0 Å². The van der Waals surface area contributed by atoms with E-state index in [1.165, 1.54) is 6.92 Å². The Kier molecular flexibility index (Phi) is 13.4. The van der Waals surface area contributed by atoms with Crippen LogP contribution < -0.4 is 10.6 Å². The Hall–Kier alpha value is -0.990. The number of carboxylic acid groups (broad SMARTS) is 1. The minimum absolute atomic E-state index is 0.116. The number of rotatable bonds is 8. The fraction of sp³-hybridized carbons (Fsp3) is 0.727. The Morgan fingerprint density at radius 2 is 1.83 bits per heavy atom. The molecule has 0 heterocycles. The molecule has 0 aliphatic rings. The molecular weight excluding hydrogens is 240 g/mol. The molecule has 18 heavy (non-hydrogen) atoms. The molecule has 0 aliphatic heterocycles. The summed E-state index contributed by atoms with van der Waals surface area (Å²) in [6.07, 6.45) is 0.250. The molecule has 0 spiro atoms. The maximum Gasteiger partial charge on any atom is 0.332 e. The predicted octanol–water partition coefficient (Wildman–Crippen LogP) is -1.15. The molecule has 2 atom stereocenters. The zero-order valence-corrected chi connectivity index (χ0v) is 10.8. The number of carboxylic acids is 1. The van der Waals surface area contributed by atoms with E-state index in [9.17, 15) is 4.79 Å². The van der Waals surface area contributed by atoms with Crippen LogP contribution in [0.2, 0.25) is 0 Å². The van der Waals surface area contributed by atoms with Gasteiger partial charge in [0.15, 0.2) is 6.29 Å². The zero-order chi connectivity index (χ0) is 14.6. The number of nitrogens with one attached hydrogen (secondary N) is 2. The molecule has 7 nitrogen and oxygen atoms in total. The summed E-state index contributed by atoms with van der Waals surface area (Å²) >= 11 is 0. The van der Waals surface area contributed by atoms with Crippen molar-refractivity contribution in [1.82, 2.24) is 10.6 Å². The van der Waals surface area contributed by atoms with E-state index >= 15 is 0 Å². The molecule has 0 aliphatic carbocycles. The van der Waals surface area contributed by atoms with Crippen LogP contribution >= 0.6 is 0 Å². The van der Waals surface area contributed by atoms with Gasteiger partial charge in [0.2, 0.25) is 0 Å². The smallest absolute Gasteiger partial charge is 0.332 e. The topological polar surface area (TPSA) is 122 Å². The minimum atomic E-state index is -1.29. The van der Waals surface area contributed by atoms with Crippen LogP contribution in [0.1, 0.15) is 20.3 Å². The summed E-state index contributed by atoms with van der Waals surface area (Å²) in [5.41, 5.74) is 0. The molecular formula is C11H24N2O5. The Bertz CT molecular complexity index is 221. The standard InChI is InChI=1S/C8H18N2O2.C3H6O3/c1-3-5-9-7(4-2)10-6-8(11)12;1-2(4)3(5)6/h3,7-12H,1,4-6H2,2H3;2,4H,1H3,(H,5,6). The first kappa shape index (κ1) is 19.4. The first-order chi connectivity index (χ1) is 8.34. The fourth-order valence-electron chi connectivity index (χ4n) is 0.834. The van der Waals surface area contributed by atoms with Gasteiger partial charge in [0, 0.05) is 13.1 Å². The molecule has 0 saturated carbocycles. The lowest BCUT2D eigenvalue weighted by Gasteiger charge is -2.18. The van der Waals surface area contributed by atoms with Crippen LogP contribution in [0, 0.1) is 0 Å². The minimum Gasteiger partial charge on any atom is -0.479 e. The highest BCUT2D eigenvalue weighted by atomic mass is 16.5. The average molecular weight is 264 g/mol. The molecule has 6 N–H and O–H groups in total. The molecule has 0 bridgehead atoms. The third kappa shape index (κ3) is 15.0. The molecule has 2 unspecified atom stereocenters. The molecule has 0 fully saturated rings. The first-order valence-corrected chi connectivity index (χ1v) is 5.69. The van der Waals surface area contributed by atoms with Gasteiger partial charge in [0.25, 0.3) is 0 Å². The van der Waals surface area contributed by atoms with Crippen molar-refractivity contribution in [2.75, 3.05) is 13.1 Å². The number of carbonyl (C=O) groups is 1. The molecule has 0 radical (unpaired) electrons. The highest BCUT2D eigenvalue weighted by Crippen LogP contribution is 1.85. The van der Waals surface area contributed by atoms with E-state index in [0.29, 0.717) is 6.54 Å². The molecule has 0 aromatic rings. The van der Waals surface area contributed by atoms with E-state index in [1.54, 1.807) is 6.08 Å². The molecule has 0 aromatic heterocycles. The maximum absolute atomic E-state index is 9.45. The number of aliphatic hydroxyl groups excluding tert-OH is 2. The predicted molar refractivity (Wildman–Crippen MR) is 67.8 cm³/mol. The van der Waals surface area contributed by atoms with Crippen molar-refractivity contribution >= 4 is 5.97 Å². The highest BCUT2D eigenvalue weighted by Gasteiger charge is 2.04. The fourth-order valence-corrected chi connectivity index (χ4v) is 0.834. The SMILES string of the molecule is C=CCNC(CC)NCC(O)O.CC(O)C(=O)O. The first-order valence-electron chi connectivity index (χ1n) is 5.69. The number of aliphatic carboxylic acids is 1. The van der Waals surface area contributed by atoms with E-state index in [0.717, 1.165) is 6.42 Å². The number of hydrogen-bond acceptors (Lipinski definition) is 6. The second-order valence-corrected chi connectivity index (χ2v) is 3.56. The van der Waals surface area contributed by atoms with Crippen LogP contribution in [0.4, 0.5) is 0 Å². The van der Waals surface area contributed by atoms with Crippen LogP contribution in [0.15, 0.2) is 12.7 Å². The quantitative estimate of drug-likeness (QED) is 0.242. The van der Waals surface area contributed by atoms with Crippen molar-refractivity contribution < 1.29 is 25.2 Å². The van der Waals surface area contributed by atoms with Crippen molar-refractivity contribution in [3.05, 3.63) is 12.7 Å². The van der Waals surface area contributed by atoms with Gasteiger partial charge in [-0.25, -0.2) is 4.79 Å². The third-order valence-corrected chi connectivity index (χ3v) is 1.82. The van der Waals surface area contributed by atoms with Crippen molar-refractivity contribution in [3.63, 3.8) is 0 Å². The lowest BCUT2D eigenvalue weighted by Crippen LogP contribution is -2.44. The molecule has 0 amide bonds. The summed E-state index contributed by atoms with van der Waals surface area (Å²) in [7, 11) is 0. The average Bonchev–Trinajstić information content (AvgIpc) is 2.29. The van der Waals surface area contributed by atoms with E-state index in [4.69, 9.17) is 20.4 Å². The largest absolute Gasteiger partial charge is 0.479 e. The van der Waals surface area contributed by atoms with Crippen LogP contribution in [0.25, 0.3) is 0 Å².